The van der Waals surface area contributed by atoms with Gasteiger partial charge in [0.1, 0.15) is 0 Å². The van der Waals surface area contributed by atoms with Crippen LogP contribution in [0.25, 0.3) is 0 Å². The summed E-state index contributed by atoms with van der Waals surface area (Å²) in [4.78, 5) is 11.8. The monoisotopic (exact) mass is 308 g/mol. The van der Waals surface area contributed by atoms with Crippen LogP contribution in [0.5, 0.6) is 0 Å². The molecule has 2 aromatic rings. The van der Waals surface area contributed by atoms with E-state index in [-0.39, 0.29) is 0 Å². The number of hydrogen-bond donors (Lipinski definition) is 1. The molecule has 2 nitrogen and oxygen atoms in total. The summed E-state index contributed by atoms with van der Waals surface area (Å²) in [5.74, 6) is -1.20. The van der Waals surface area contributed by atoms with E-state index in [1.54, 1.807) is 0 Å². The van der Waals surface area contributed by atoms with Gasteiger partial charge in [-0.3, -0.25) is 4.79 Å². The number of carbonyl (C=O) groups is 1. The fourth-order valence-electron chi connectivity index (χ4n) is 3.46. The van der Waals surface area contributed by atoms with E-state index in [0.29, 0.717) is 6.42 Å². The molecule has 2 aromatic carbocycles. The van der Waals surface area contributed by atoms with Gasteiger partial charge in [-0.2, -0.15) is 0 Å². The predicted molar refractivity (Wildman–Crippen MR) is 93.0 cm³/mol. The highest BCUT2D eigenvalue weighted by atomic mass is 16.4. The zero-order chi connectivity index (χ0) is 16.2. The Morgan fingerprint density at radius 2 is 1.65 bits per heavy atom. The van der Waals surface area contributed by atoms with Crippen LogP contribution in [0.2, 0.25) is 0 Å². The normalized spacial score (nSPS) is 15.0. The van der Waals surface area contributed by atoms with Crippen molar-refractivity contribution in [1.29, 1.82) is 0 Å². The molecule has 0 saturated carbocycles. The molecule has 1 unspecified atom stereocenters. The molecule has 2 heteroatoms. The molecule has 23 heavy (non-hydrogen) atoms. The average molecular weight is 308 g/mol. The Bertz CT molecular complexity index is 685. The fraction of sp³-hybridized carbons (Fsp3) is 0.381. The minimum atomic E-state index is -0.736. The Hall–Kier alpha value is -2.09. The van der Waals surface area contributed by atoms with Gasteiger partial charge in [0.15, 0.2) is 0 Å². The van der Waals surface area contributed by atoms with E-state index in [2.05, 4.69) is 43.3 Å². The minimum Gasteiger partial charge on any atom is -0.481 e. The summed E-state index contributed by atoms with van der Waals surface area (Å²) in [6, 6.07) is 14.6. The standard InChI is InChI=1S/C21H24O2/c1-2-15-7-9-16(10-8-15)13-20(21(22)23)19-12-11-17-5-3-4-6-18(17)14-19/h7-12,14,20H,2-6,13H2,1H3,(H,22,23). The SMILES string of the molecule is CCc1ccc(CC(C(=O)O)c2ccc3c(c2)CCCC3)cc1. The van der Waals surface area contributed by atoms with Gasteiger partial charge in [-0.05, 0) is 66.3 Å². The van der Waals surface area contributed by atoms with Gasteiger partial charge in [-0.1, -0.05) is 49.4 Å². The van der Waals surface area contributed by atoms with E-state index in [0.717, 1.165) is 30.4 Å². The first-order valence-corrected chi connectivity index (χ1v) is 8.59. The predicted octanol–water partition coefficient (Wildman–Crippen LogP) is 4.54. The van der Waals surface area contributed by atoms with Crippen molar-refractivity contribution in [3.8, 4) is 0 Å². The van der Waals surface area contributed by atoms with Crippen LogP contribution in [0.1, 0.15) is 53.5 Å². The molecule has 0 bridgehead atoms. The second-order valence-corrected chi connectivity index (χ2v) is 6.50. The largest absolute Gasteiger partial charge is 0.481 e. The second kappa shape index (κ2) is 6.99. The number of aryl methyl sites for hydroxylation is 3. The molecule has 0 spiro atoms. The Labute approximate surface area is 138 Å². The number of carboxylic acid groups (broad SMARTS) is 1. The summed E-state index contributed by atoms with van der Waals surface area (Å²) < 4.78 is 0. The van der Waals surface area contributed by atoms with Gasteiger partial charge in [-0.15, -0.1) is 0 Å². The van der Waals surface area contributed by atoms with Crippen molar-refractivity contribution in [1.82, 2.24) is 0 Å². The van der Waals surface area contributed by atoms with Gasteiger partial charge in [-0.25, -0.2) is 0 Å². The lowest BCUT2D eigenvalue weighted by Crippen LogP contribution is -2.15. The number of carboxylic acids is 1. The van der Waals surface area contributed by atoms with Crippen LogP contribution < -0.4 is 0 Å². The lowest BCUT2D eigenvalue weighted by atomic mass is 9.85. The Morgan fingerprint density at radius 3 is 2.30 bits per heavy atom. The quantitative estimate of drug-likeness (QED) is 0.880. The first-order chi connectivity index (χ1) is 11.2. The number of hydrogen-bond acceptors (Lipinski definition) is 1. The van der Waals surface area contributed by atoms with Gasteiger partial charge in [0.2, 0.25) is 0 Å². The van der Waals surface area contributed by atoms with Crippen LogP contribution in [0.15, 0.2) is 42.5 Å². The van der Waals surface area contributed by atoms with Crippen molar-refractivity contribution < 1.29 is 9.90 Å². The van der Waals surface area contributed by atoms with Gasteiger partial charge >= 0.3 is 5.97 Å². The van der Waals surface area contributed by atoms with Gasteiger partial charge in [0, 0.05) is 0 Å². The summed E-state index contributed by atoms with van der Waals surface area (Å²) >= 11 is 0. The Balaban J connectivity index is 1.84. The van der Waals surface area contributed by atoms with Crippen LogP contribution in [0, 0.1) is 0 Å². The number of aliphatic carboxylic acids is 1. The molecule has 1 N–H and O–H groups in total. The molecule has 0 heterocycles. The van der Waals surface area contributed by atoms with E-state index in [1.165, 1.54) is 29.5 Å². The van der Waals surface area contributed by atoms with Crippen molar-refractivity contribution in [3.63, 3.8) is 0 Å². The third-order valence-electron chi connectivity index (χ3n) is 4.94. The van der Waals surface area contributed by atoms with Crippen LogP contribution in [-0.2, 0) is 30.5 Å². The lowest BCUT2D eigenvalue weighted by Gasteiger charge is -2.19. The highest BCUT2D eigenvalue weighted by Gasteiger charge is 2.22. The van der Waals surface area contributed by atoms with Crippen molar-refractivity contribution in [3.05, 3.63) is 70.3 Å². The molecule has 1 aliphatic carbocycles. The molecule has 0 amide bonds. The molecule has 1 aliphatic rings. The second-order valence-electron chi connectivity index (χ2n) is 6.50. The number of benzene rings is 2. The van der Waals surface area contributed by atoms with Gasteiger partial charge in [0.25, 0.3) is 0 Å². The van der Waals surface area contributed by atoms with Crippen molar-refractivity contribution in [2.24, 2.45) is 0 Å². The van der Waals surface area contributed by atoms with Crippen molar-refractivity contribution in [2.75, 3.05) is 0 Å². The third kappa shape index (κ3) is 3.64. The Morgan fingerprint density at radius 1 is 1.00 bits per heavy atom. The first kappa shape index (κ1) is 15.8. The zero-order valence-electron chi connectivity index (χ0n) is 13.7. The summed E-state index contributed by atoms with van der Waals surface area (Å²) in [5, 5.41) is 9.69. The van der Waals surface area contributed by atoms with Crippen molar-refractivity contribution >= 4 is 5.97 Å². The van der Waals surface area contributed by atoms with Gasteiger partial charge < -0.3 is 5.11 Å². The summed E-state index contributed by atoms with van der Waals surface area (Å²) in [7, 11) is 0. The molecule has 120 valence electrons. The molecular weight excluding hydrogens is 284 g/mol. The Kier molecular flexibility index (Phi) is 4.80. The van der Waals surface area contributed by atoms with Crippen LogP contribution in [0.3, 0.4) is 0 Å². The highest BCUT2D eigenvalue weighted by molar-refractivity contribution is 5.76. The smallest absolute Gasteiger partial charge is 0.311 e. The number of rotatable bonds is 5. The molecule has 0 radical (unpaired) electrons. The van der Waals surface area contributed by atoms with Crippen LogP contribution in [-0.4, -0.2) is 11.1 Å². The van der Waals surface area contributed by atoms with Crippen LogP contribution >= 0.6 is 0 Å². The number of fused-ring (bicyclic) bond motifs is 1. The summed E-state index contributed by atoms with van der Waals surface area (Å²) in [6.07, 6.45) is 6.24. The maximum absolute atomic E-state index is 11.8. The topological polar surface area (TPSA) is 37.3 Å². The molecule has 3 rings (SSSR count). The summed E-state index contributed by atoms with van der Waals surface area (Å²) in [5.41, 5.74) is 6.07. The van der Waals surface area contributed by atoms with E-state index in [1.807, 2.05) is 6.07 Å². The van der Waals surface area contributed by atoms with Crippen molar-refractivity contribution in [2.45, 2.75) is 51.4 Å². The lowest BCUT2D eigenvalue weighted by molar-refractivity contribution is -0.138. The molecule has 0 aliphatic heterocycles. The molecule has 0 fully saturated rings. The van der Waals surface area contributed by atoms with E-state index < -0.39 is 11.9 Å². The molecule has 0 aromatic heterocycles. The van der Waals surface area contributed by atoms with E-state index in [9.17, 15) is 9.90 Å². The molecular formula is C21H24O2. The molecule has 0 saturated heterocycles. The summed E-state index contributed by atoms with van der Waals surface area (Å²) in [6.45, 7) is 2.13. The third-order valence-corrected chi connectivity index (χ3v) is 4.94. The average Bonchev–Trinajstić information content (AvgIpc) is 2.59. The fourth-order valence-corrected chi connectivity index (χ4v) is 3.46. The van der Waals surface area contributed by atoms with E-state index >= 15 is 0 Å². The zero-order valence-corrected chi connectivity index (χ0v) is 13.7. The van der Waals surface area contributed by atoms with Gasteiger partial charge in [0.05, 0.1) is 5.92 Å². The maximum Gasteiger partial charge on any atom is 0.311 e. The maximum atomic E-state index is 11.8. The first-order valence-electron chi connectivity index (χ1n) is 8.59. The highest BCUT2D eigenvalue weighted by Crippen LogP contribution is 2.28. The van der Waals surface area contributed by atoms with Crippen LogP contribution in [0.4, 0.5) is 0 Å². The minimum absolute atomic E-state index is 0.463. The molecule has 1 atom stereocenters. The van der Waals surface area contributed by atoms with E-state index in [4.69, 9.17) is 0 Å².